The second kappa shape index (κ2) is 7.44. The van der Waals surface area contributed by atoms with Crippen molar-refractivity contribution in [3.05, 3.63) is 59.4 Å². The number of rotatable bonds is 5. The lowest BCUT2D eigenvalue weighted by Gasteiger charge is -2.07. The molecule has 0 aliphatic rings. The van der Waals surface area contributed by atoms with Gasteiger partial charge in [-0.25, -0.2) is 8.78 Å². The van der Waals surface area contributed by atoms with Gasteiger partial charge in [-0.3, -0.25) is 14.6 Å². The zero-order valence-corrected chi connectivity index (χ0v) is 12.4. The zero-order chi connectivity index (χ0) is 16.8. The van der Waals surface area contributed by atoms with Crippen molar-refractivity contribution >= 4 is 17.5 Å². The molecule has 2 aromatic rings. The Balaban J connectivity index is 2.13. The second-order valence-electron chi connectivity index (χ2n) is 4.80. The van der Waals surface area contributed by atoms with Crippen LogP contribution in [0.1, 0.15) is 34.1 Å². The lowest BCUT2D eigenvalue weighted by Crippen LogP contribution is -2.24. The molecular weight excluding hydrogens is 304 g/mol. The fourth-order valence-electron chi connectivity index (χ4n) is 1.81. The topological polar surface area (TPSA) is 71.1 Å². The molecule has 0 spiro atoms. The van der Waals surface area contributed by atoms with Gasteiger partial charge in [0.2, 0.25) is 0 Å². The highest BCUT2D eigenvalue weighted by molar-refractivity contribution is 6.05. The molecule has 2 N–H and O–H groups in total. The van der Waals surface area contributed by atoms with Gasteiger partial charge >= 0.3 is 0 Å². The van der Waals surface area contributed by atoms with Crippen LogP contribution in [0, 0.1) is 11.6 Å². The summed E-state index contributed by atoms with van der Waals surface area (Å²) in [5.41, 5.74) is 0.491. The van der Waals surface area contributed by atoms with E-state index in [2.05, 4.69) is 15.6 Å². The minimum Gasteiger partial charge on any atom is -0.352 e. The molecule has 7 heteroatoms. The lowest BCUT2D eigenvalue weighted by atomic mass is 10.1. The number of pyridine rings is 1. The fraction of sp³-hybridized carbons (Fsp3) is 0.188. The van der Waals surface area contributed by atoms with Crippen LogP contribution < -0.4 is 10.6 Å². The highest BCUT2D eigenvalue weighted by atomic mass is 19.2. The van der Waals surface area contributed by atoms with Crippen molar-refractivity contribution in [3.63, 3.8) is 0 Å². The third kappa shape index (κ3) is 4.32. The van der Waals surface area contributed by atoms with Crippen molar-refractivity contribution < 1.29 is 18.4 Å². The van der Waals surface area contributed by atoms with Crippen LogP contribution in [-0.4, -0.2) is 23.3 Å². The van der Waals surface area contributed by atoms with Crippen LogP contribution in [0.5, 0.6) is 0 Å². The van der Waals surface area contributed by atoms with E-state index in [1.54, 1.807) is 0 Å². The summed E-state index contributed by atoms with van der Waals surface area (Å²) >= 11 is 0. The zero-order valence-electron chi connectivity index (χ0n) is 12.4. The van der Waals surface area contributed by atoms with Gasteiger partial charge in [-0.05, 0) is 24.6 Å². The number of carbonyl (C=O) groups excluding carboxylic acids is 2. The second-order valence-corrected chi connectivity index (χ2v) is 4.80. The maximum absolute atomic E-state index is 13.1. The molecule has 120 valence electrons. The van der Waals surface area contributed by atoms with Crippen molar-refractivity contribution in [1.29, 1.82) is 0 Å². The van der Waals surface area contributed by atoms with Crippen LogP contribution in [0.4, 0.5) is 14.5 Å². The summed E-state index contributed by atoms with van der Waals surface area (Å²) in [7, 11) is 0. The molecule has 1 aromatic heterocycles. The normalized spacial score (nSPS) is 10.2. The summed E-state index contributed by atoms with van der Waals surface area (Å²) in [6.07, 6.45) is 3.42. The maximum Gasteiger partial charge on any atom is 0.257 e. The largest absolute Gasteiger partial charge is 0.352 e. The van der Waals surface area contributed by atoms with Gasteiger partial charge in [0.15, 0.2) is 11.6 Å². The van der Waals surface area contributed by atoms with Gasteiger partial charge in [0.25, 0.3) is 11.8 Å². The summed E-state index contributed by atoms with van der Waals surface area (Å²) in [4.78, 5) is 27.8. The van der Waals surface area contributed by atoms with Crippen molar-refractivity contribution in [2.24, 2.45) is 0 Å². The van der Waals surface area contributed by atoms with Crippen molar-refractivity contribution in [2.75, 3.05) is 11.9 Å². The van der Waals surface area contributed by atoms with E-state index in [0.717, 1.165) is 18.6 Å². The molecule has 0 saturated carbocycles. The molecule has 2 rings (SSSR count). The van der Waals surface area contributed by atoms with E-state index >= 15 is 0 Å². The first kappa shape index (κ1) is 16.5. The quantitative estimate of drug-likeness (QED) is 0.890. The lowest BCUT2D eigenvalue weighted by molar-refractivity contribution is 0.0953. The smallest absolute Gasteiger partial charge is 0.257 e. The van der Waals surface area contributed by atoms with Gasteiger partial charge in [-0.2, -0.15) is 0 Å². The molecule has 5 nitrogen and oxygen atoms in total. The third-order valence-corrected chi connectivity index (χ3v) is 2.98. The van der Waals surface area contributed by atoms with Gasteiger partial charge in [0, 0.05) is 30.7 Å². The Morgan fingerprint density at radius 3 is 2.39 bits per heavy atom. The minimum absolute atomic E-state index is 0.106. The van der Waals surface area contributed by atoms with Crippen LogP contribution in [-0.2, 0) is 0 Å². The van der Waals surface area contributed by atoms with Gasteiger partial charge in [-0.1, -0.05) is 6.92 Å². The average molecular weight is 319 g/mol. The number of aromatic nitrogens is 1. The molecule has 0 saturated heterocycles. The molecule has 0 fully saturated rings. The Bertz CT molecular complexity index is 735. The molecule has 23 heavy (non-hydrogen) atoms. The fourth-order valence-corrected chi connectivity index (χ4v) is 1.81. The van der Waals surface area contributed by atoms with E-state index in [9.17, 15) is 18.4 Å². The van der Waals surface area contributed by atoms with E-state index in [-0.39, 0.29) is 22.7 Å². The van der Waals surface area contributed by atoms with Crippen molar-refractivity contribution in [1.82, 2.24) is 10.3 Å². The summed E-state index contributed by atoms with van der Waals surface area (Å²) in [6, 6.07) is 4.41. The van der Waals surface area contributed by atoms with Crippen molar-refractivity contribution in [3.8, 4) is 0 Å². The summed E-state index contributed by atoms with van der Waals surface area (Å²) in [5.74, 6) is -2.97. The van der Waals surface area contributed by atoms with Gasteiger partial charge in [0.05, 0.1) is 11.1 Å². The Morgan fingerprint density at radius 2 is 1.74 bits per heavy atom. The van der Waals surface area contributed by atoms with Crippen LogP contribution in [0.3, 0.4) is 0 Å². The number of halogens is 2. The van der Waals surface area contributed by atoms with Gasteiger partial charge < -0.3 is 10.6 Å². The molecule has 1 heterocycles. The molecule has 0 unspecified atom stereocenters. The highest BCUT2D eigenvalue weighted by Gasteiger charge is 2.12. The first-order chi connectivity index (χ1) is 11.0. The van der Waals surface area contributed by atoms with E-state index in [1.807, 2.05) is 6.92 Å². The first-order valence-corrected chi connectivity index (χ1v) is 7.01. The number of hydrogen-bond donors (Lipinski definition) is 2. The first-order valence-electron chi connectivity index (χ1n) is 7.01. The number of carbonyl (C=O) groups is 2. The summed E-state index contributed by atoms with van der Waals surface area (Å²) in [6.45, 7) is 2.44. The van der Waals surface area contributed by atoms with E-state index < -0.39 is 17.5 Å². The highest BCUT2D eigenvalue weighted by Crippen LogP contribution is 2.14. The minimum atomic E-state index is -1.06. The number of hydrogen-bond acceptors (Lipinski definition) is 3. The number of benzene rings is 1. The van der Waals surface area contributed by atoms with Crippen molar-refractivity contribution in [2.45, 2.75) is 13.3 Å². The van der Waals surface area contributed by atoms with Crippen LogP contribution >= 0.6 is 0 Å². The molecule has 2 amide bonds. The predicted molar refractivity (Wildman–Crippen MR) is 81.2 cm³/mol. The van der Waals surface area contributed by atoms with Crippen LogP contribution in [0.25, 0.3) is 0 Å². The SMILES string of the molecule is CCCNC(=O)c1cncc(C(=O)Nc2ccc(F)c(F)c2)c1. The van der Waals surface area contributed by atoms with Crippen LogP contribution in [0.2, 0.25) is 0 Å². The Hall–Kier alpha value is -2.83. The molecule has 0 aliphatic carbocycles. The molecule has 0 bridgehead atoms. The Morgan fingerprint density at radius 1 is 1.04 bits per heavy atom. The average Bonchev–Trinajstić information content (AvgIpc) is 2.56. The molecule has 0 aliphatic heterocycles. The molecular formula is C16H15F2N3O2. The maximum atomic E-state index is 13.1. The predicted octanol–water partition coefficient (Wildman–Crippen LogP) is 2.75. The molecule has 0 atom stereocenters. The summed E-state index contributed by atoms with van der Waals surface area (Å²) in [5, 5.41) is 5.09. The van der Waals surface area contributed by atoms with Gasteiger partial charge in [-0.15, -0.1) is 0 Å². The Labute approximate surface area is 131 Å². The van der Waals surface area contributed by atoms with E-state index in [4.69, 9.17) is 0 Å². The van der Waals surface area contributed by atoms with Crippen LogP contribution in [0.15, 0.2) is 36.7 Å². The number of nitrogens with one attached hydrogen (secondary N) is 2. The Kier molecular flexibility index (Phi) is 5.35. The number of anilines is 1. The molecule has 0 radical (unpaired) electrons. The number of amides is 2. The van der Waals surface area contributed by atoms with E-state index in [1.165, 1.54) is 24.5 Å². The third-order valence-electron chi connectivity index (χ3n) is 2.98. The standard InChI is InChI=1S/C16H15F2N3O2/c1-2-5-20-15(22)10-6-11(9-19-8-10)16(23)21-12-3-4-13(17)14(18)7-12/h3-4,6-9H,2,5H2,1H3,(H,20,22)(H,21,23). The number of nitrogens with zero attached hydrogens (tertiary/aromatic N) is 1. The monoisotopic (exact) mass is 319 g/mol. The summed E-state index contributed by atoms with van der Waals surface area (Å²) < 4.78 is 26.0. The molecule has 1 aromatic carbocycles. The van der Waals surface area contributed by atoms with Gasteiger partial charge in [0.1, 0.15) is 0 Å². The van der Waals surface area contributed by atoms with E-state index in [0.29, 0.717) is 6.54 Å².